The Morgan fingerprint density at radius 1 is 1.12 bits per heavy atom. The van der Waals surface area contributed by atoms with E-state index < -0.39 is 0 Å². The number of hydrogen-bond acceptors (Lipinski definition) is 6. The molecule has 170 valence electrons. The van der Waals surface area contributed by atoms with E-state index in [2.05, 4.69) is 15.4 Å². The minimum Gasteiger partial charge on any atom is -0.325 e. The molecule has 0 fully saturated rings. The van der Waals surface area contributed by atoms with Crippen molar-refractivity contribution in [2.24, 2.45) is 0 Å². The van der Waals surface area contributed by atoms with Crippen LogP contribution in [0.4, 0.5) is 5.69 Å². The van der Waals surface area contributed by atoms with Crippen molar-refractivity contribution in [3.63, 3.8) is 0 Å². The Kier molecular flexibility index (Phi) is 7.25. The van der Waals surface area contributed by atoms with E-state index in [1.165, 1.54) is 21.9 Å². The number of para-hydroxylation sites is 1. The number of nitrogens with one attached hydrogen (secondary N) is 1. The number of benzene rings is 2. The van der Waals surface area contributed by atoms with Crippen LogP contribution in [-0.2, 0) is 10.5 Å². The highest BCUT2D eigenvalue weighted by Crippen LogP contribution is 2.31. The van der Waals surface area contributed by atoms with Gasteiger partial charge >= 0.3 is 0 Å². The molecule has 0 saturated carbocycles. The average molecular weight is 479 g/mol. The largest absolute Gasteiger partial charge is 0.325 e. The molecule has 2 heterocycles. The molecule has 6 nitrogen and oxygen atoms in total. The number of aromatic nitrogens is 3. The molecule has 4 rings (SSSR count). The third kappa shape index (κ3) is 5.34. The van der Waals surface area contributed by atoms with E-state index in [0.29, 0.717) is 22.8 Å². The van der Waals surface area contributed by atoms with Crippen LogP contribution < -0.4 is 10.9 Å². The first-order chi connectivity index (χ1) is 16.0. The fourth-order valence-corrected chi connectivity index (χ4v) is 5.33. The topological polar surface area (TPSA) is 76.4 Å². The Balaban J connectivity index is 1.51. The van der Waals surface area contributed by atoms with Crippen LogP contribution in [0.25, 0.3) is 4.96 Å². The van der Waals surface area contributed by atoms with Gasteiger partial charge in [-0.05, 0) is 24.1 Å². The zero-order valence-electron chi connectivity index (χ0n) is 18.8. The number of nitrogens with zero attached hydrogens (tertiary/aromatic N) is 3. The maximum absolute atomic E-state index is 13.0. The van der Waals surface area contributed by atoms with Crippen LogP contribution in [0.2, 0.25) is 0 Å². The summed E-state index contributed by atoms with van der Waals surface area (Å²) in [5.41, 5.74) is 2.29. The predicted octanol–water partition coefficient (Wildman–Crippen LogP) is 5.70. The lowest BCUT2D eigenvalue weighted by Crippen LogP contribution is -2.21. The second-order valence-electron chi connectivity index (χ2n) is 8.02. The van der Waals surface area contributed by atoms with Gasteiger partial charge in [-0.3, -0.25) is 9.59 Å². The minimum absolute atomic E-state index is 0.0274. The molecule has 0 saturated heterocycles. The highest BCUT2D eigenvalue weighted by Gasteiger charge is 2.19. The standard InChI is InChI=1S/C25H26N4O2S2/c1-4-19(17-10-6-5-7-11-17)23(31)27-20-12-8-9-13-21(20)32-15-18-14-22(30)29-25(26-18)33-24(28-29)16(2)3/h5-14,16,19H,4,15H2,1-3H3,(H,27,31). The number of carbonyl (C=O) groups excluding carboxylic acids is 1. The smallest absolute Gasteiger partial charge is 0.275 e. The maximum atomic E-state index is 13.0. The van der Waals surface area contributed by atoms with E-state index in [1.807, 2.05) is 75.4 Å². The Bertz CT molecular complexity index is 1310. The molecule has 0 bridgehead atoms. The zero-order valence-corrected chi connectivity index (χ0v) is 20.5. The van der Waals surface area contributed by atoms with Gasteiger partial charge in [0.2, 0.25) is 10.9 Å². The van der Waals surface area contributed by atoms with Crippen molar-refractivity contribution in [1.82, 2.24) is 14.6 Å². The Morgan fingerprint density at radius 3 is 2.58 bits per heavy atom. The third-order valence-electron chi connectivity index (χ3n) is 5.25. The lowest BCUT2D eigenvalue weighted by Gasteiger charge is -2.17. The molecule has 0 aliphatic carbocycles. The summed E-state index contributed by atoms with van der Waals surface area (Å²) in [5, 5.41) is 8.36. The van der Waals surface area contributed by atoms with Gasteiger partial charge in [-0.15, -0.1) is 11.8 Å². The van der Waals surface area contributed by atoms with Crippen molar-refractivity contribution in [1.29, 1.82) is 0 Å². The molecule has 2 aromatic heterocycles. The summed E-state index contributed by atoms with van der Waals surface area (Å²) in [4.78, 5) is 31.7. The van der Waals surface area contributed by atoms with Crippen LogP contribution in [0, 0.1) is 0 Å². The van der Waals surface area contributed by atoms with Gasteiger partial charge in [0.15, 0.2) is 0 Å². The van der Waals surface area contributed by atoms with Crippen LogP contribution in [0.1, 0.15) is 55.3 Å². The van der Waals surface area contributed by atoms with Gasteiger partial charge in [0, 0.05) is 22.6 Å². The van der Waals surface area contributed by atoms with Gasteiger partial charge in [0.1, 0.15) is 5.01 Å². The molecule has 0 spiro atoms. The number of rotatable bonds is 8. The van der Waals surface area contributed by atoms with Crippen LogP contribution >= 0.6 is 23.1 Å². The van der Waals surface area contributed by atoms with Crippen molar-refractivity contribution in [3.8, 4) is 0 Å². The minimum atomic E-state index is -0.213. The molecule has 0 aliphatic rings. The Morgan fingerprint density at radius 2 is 1.85 bits per heavy atom. The third-order valence-corrected chi connectivity index (χ3v) is 7.57. The highest BCUT2D eigenvalue weighted by atomic mass is 32.2. The lowest BCUT2D eigenvalue weighted by atomic mass is 9.95. The van der Waals surface area contributed by atoms with Crippen LogP contribution in [0.3, 0.4) is 0 Å². The van der Waals surface area contributed by atoms with Gasteiger partial charge in [-0.25, -0.2) is 4.98 Å². The summed E-state index contributed by atoms with van der Waals surface area (Å²) in [6.45, 7) is 6.11. The normalized spacial score (nSPS) is 12.2. The zero-order chi connectivity index (χ0) is 23.4. The molecular weight excluding hydrogens is 452 g/mol. The SMILES string of the molecule is CCC(C(=O)Nc1ccccc1SCc1cc(=O)n2nc(C(C)C)sc2n1)c1ccccc1. The van der Waals surface area contributed by atoms with E-state index in [0.717, 1.165) is 21.2 Å². The first-order valence-electron chi connectivity index (χ1n) is 10.9. The summed E-state index contributed by atoms with van der Waals surface area (Å²) in [5.74, 6) is 0.520. The molecule has 1 N–H and O–H groups in total. The summed E-state index contributed by atoms with van der Waals surface area (Å²) in [7, 11) is 0. The molecule has 4 aromatic rings. The quantitative estimate of drug-likeness (QED) is 0.329. The second-order valence-corrected chi connectivity index (χ2v) is 10.0. The summed E-state index contributed by atoms with van der Waals surface area (Å²) < 4.78 is 1.37. The predicted molar refractivity (Wildman–Crippen MR) is 135 cm³/mol. The molecular formula is C25H26N4O2S2. The van der Waals surface area contributed by atoms with E-state index in [1.54, 1.807) is 11.8 Å². The van der Waals surface area contributed by atoms with Gasteiger partial charge in [-0.2, -0.15) is 9.61 Å². The van der Waals surface area contributed by atoms with Gasteiger partial charge < -0.3 is 5.32 Å². The van der Waals surface area contributed by atoms with Gasteiger partial charge in [-0.1, -0.05) is 74.6 Å². The van der Waals surface area contributed by atoms with Crippen LogP contribution in [0.15, 0.2) is 70.4 Å². The summed E-state index contributed by atoms with van der Waals surface area (Å²) >= 11 is 2.99. The van der Waals surface area contributed by atoms with Gasteiger partial charge in [0.25, 0.3) is 5.56 Å². The van der Waals surface area contributed by atoms with Gasteiger partial charge in [0.05, 0.1) is 17.3 Å². The number of hydrogen-bond donors (Lipinski definition) is 1. The first kappa shape index (κ1) is 23.2. The maximum Gasteiger partial charge on any atom is 0.275 e. The monoisotopic (exact) mass is 478 g/mol. The lowest BCUT2D eigenvalue weighted by molar-refractivity contribution is -0.117. The molecule has 1 unspecified atom stereocenters. The fourth-order valence-electron chi connectivity index (χ4n) is 3.50. The van der Waals surface area contributed by atoms with Crippen molar-refractivity contribution < 1.29 is 4.79 Å². The van der Waals surface area contributed by atoms with E-state index >= 15 is 0 Å². The van der Waals surface area contributed by atoms with E-state index in [9.17, 15) is 9.59 Å². The van der Waals surface area contributed by atoms with Crippen molar-refractivity contribution in [2.75, 3.05) is 5.32 Å². The summed E-state index contributed by atoms with van der Waals surface area (Å²) in [6, 6.07) is 19.1. The van der Waals surface area contributed by atoms with Crippen molar-refractivity contribution in [2.45, 2.75) is 49.7 Å². The Hall–Kier alpha value is -2.97. The van der Waals surface area contributed by atoms with Crippen molar-refractivity contribution >= 4 is 39.7 Å². The number of thioether (sulfide) groups is 1. The number of fused-ring (bicyclic) bond motifs is 1. The molecule has 1 atom stereocenters. The van der Waals surface area contributed by atoms with Crippen LogP contribution in [-0.4, -0.2) is 20.5 Å². The number of amides is 1. The fraction of sp³-hybridized carbons (Fsp3) is 0.280. The first-order valence-corrected chi connectivity index (χ1v) is 12.7. The second kappa shape index (κ2) is 10.3. The molecule has 0 aliphatic heterocycles. The summed E-state index contributed by atoms with van der Waals surface area (Å²) in [6.07, 6.45) is 0.715. The average Bonchev–Trinajstić information content (AvgIpc) is 3.25. The molecule has 2 aromatic carbocycles. The Labute approximate surface area is 201 Å². The molecule has 1 amide bonds. The molecule has 8 heteroatoms. The number of anilines is 1. The molecule has 0 radical (unpaired) electrons. The van der Waals surface area contributed by atoms with E-state index in [-0.39, 0.29) is 23.3 Å². The van der Waals surface area contributed by atoms with E-state index in [4.69, 9.17) is 0 Å². The van der Waals surface area contributed by atoms with Crippen LogP contribution in [0.5, 0.6) is 0 Å². The van der Waals surface area contributed by atoms with Crippen molar-refractivity contribution in [3.05, 3.63) is 87.3 Å². The number of carbonyl (C=O) groups is 1. The molecule has 33 heavy (non-hydrogen) atoms. The highest BCUT2D eigenvalue weighted by molar-refractivity contribution is 7.98.